The normalized spacial score (nSPS) is 12.4. The SMILES string of the molecule is Cc1cc(C)cc(CSCC(N)c2cccc(C)c2)c1. The third-order valence-corrected chi connectivity index (χ3v) is 4.45. The summed E-state index contributed by atoms with van der Waals surface area (Å²) in [6.07, 6.45) is 0. The van der Waals surface area contributed by atoms with Crippen LogP contribution in [0.5, 0.6) is 0 Å². The van der Waals surface area contributed by atoms with Crippen molar-refractivity contribution in [1.29, 1.82) is 0 Å². The summed E-state index contributed by atoms with van der Waals surface area (Å²) in [6, 6.07) is 15.4. The number of aryl methyl sites for hydroxylation is 3. The van der Waals surface area contributed by atoms with Gasteiger partial charge in [0.05, 0.1) is 0 Å². The van der Waals surface area contributed by atoms with Crippen LogP contribution in [0.25, 0.3) is 0 Å². The quantitative estimate of drug-likeness (QED) is 0.872. The summed E-state index contributed by atoms with van der Waals surface area (Å²) in [7, 11) is 0. The molecule has 2 N–H and O–H groups in total. The maximum Gasteiger partial charge on any atom is 0.0387 e. The van der Waals surface area contributed by atoms with Gasteiger partial charge in [-0.15, -0.1) is 0 Å². The van der Waals surface area contributed by atoms with Crippen molar-refractivity contribution in [2.24, 2.45) is 5.73 Å². The van der Waals surface area contributed by atoms with Crippen LogP contribution in [0.2, 0.25) is 0 Å². The van der Waals surface area contributed by atoms with Crippen molar-refractivity contribution < 1.29 is 0 Å². The first-order chi connectivity index (χ1) is 9.54. The lowest BCUT2D eigenvalue weighted by Crippen LogP contribution is -2.13. The smallest absolute Gasteiger partial charge is 0.0387 e. The van der Waals surface area contributed by atoms with Crippen LogP contribution in [-0.2, 0) is 5.75 Å². The van der Waals surface area contributed by atoms with Gasteiger partial charge in [-0.25, -0.2) is 0 Å². The van der Waals surface area contributed by atoms with Crippen molar-refractivity contribution in [1.82, 2.24) is 0 Å². The van der Waals surface area contributed by atoms with Crippen LogP contribution in [0.3, 0.4) is 0 Å². The Bertz CT molecular complexity index is 557. The molecule has 0 saturated heterocycles. The van der Waals surface area contributed by atoms with Gasteiger partial charge in [-0.3, -0.25) is 0 Å². The lowest BCUT2D eigenvalue weighted by atomic mass is 10.1. The van der Waals surface area contributed by atoms with Gasteiger partial charge in [0.25, 0.3) is 0 Å². The maximum atomic E-state index is 6.27. The highest BCUT2D eigenvalue weighted by Crippen LogP contribution is 2.21. The number of thioether (sulfide) groups is 1. The van der Waals surface area contributed by atoms with E-state index >= 15 is 0 Å². The van der Waals surface area contributed by atoms with E-state index in [1.165, 1.54) is 27.8 Å². The predicted molar refractivity (Wildman–Crippen MR) is 90.2 cm³/mol. The molecule has 1 unspecified atom stereocenters. The predicted octanol–water partition coefficient (Wildman–Crippen LogP) is 4.55. The summed E-state index contributed by atoms with van der Waals surface area (Å²) < 4.78 is 0. The van der Waals surface area contributed by atoms with Crippen LogP contribution in [0.1, 0.15) is 33.9 Å². The summed E-state index contributed by atoms with van der Waals surface area (Å²) >= 11 is 1.91. The van der Waals surface area contributed by atoms with Gasteiger partial charge in [0.1, 0.15) is 0 Å². The van der Waals surface area contributed by atoms with Crippen molar-refractivity contribution in [2.75, 3.05) is 5.75 Å². The molecule has 2 rings (SSSR count). The second-order valence-electron chi connectivity index (χ2n) is 5.53. The van der Waals surface area contributed by atoms with Gasteiger partial charge in [-0.1, -0.05) is 59.2 Å². The molecule has 0 fully saturated rings. The molecular weight excluding hydrogens is 262 g/mol. The molecule has 0 heterocycles. The third kappa shape index (κ3) is 4.39. The van der Waals surface area contributed by atoms with Gasteiger partial charge >= 0.3 is 0 Å². The number of nitrogens with two attached hydrogens (primary N) is 1. The fourth-order valence-electron chi connectivity index (χ4n) is 2.45. The van der Waals surface area contributed by atoms with Crippen molar-refractivity contribution >= 4 is 11.8 Å². The maximum absolute atomic E-state index is 6.27. The third-order valence-electron chi connectivity index (χ3n) is 3.32. The van der Waals surface area contributed by atoms with E-state index in [-0.39, 0.29) is 6.04 Å². The second kappa shape index (κ2) is 6.96. The Kier molecular flexibility index (Phi) is 5.27. The molecule has 2 aromatic carbocycles. The summed E-state index contributed by atoms with van der Waals surface area (Å²) in [4.78, 5) is 0. The molecule has 0 aromatic heterocycles. The summed E-state index contributed by atoms with van der Waals surface area (Å²) in [5, 5.41) is 0. The number of rotatable bonds is 5. The Morgan fingerprint density at radius 3 is 2.30 bits per heavy atom. The zero-order valence-corrected chi connectivity index (χ0v) is 13.3. The van der Waals surface area contributed by atoms with Gasteiger partial charge in [0.15, 0.2) is 0 Å². The first-order valence-corrected chi connectivity index (χ1v) is 8.17. The zero-order valence-electron chi connectivity index (χ0n) is 12.5. The molecule has 2 heteroatoms. The average Bonchev–Trinajstić information content (AvgIpc) is 2.37. The van der Waals surface area contributed by atoms with E-state index in [9.17, 15) is 0 Å². The molecule has 2 aromatic rings. The van der Waals surface area contributed by atoms with Crippen molar-refractivity contribution in [3.8, 4) is 0 Å². The molecule has 0 aliphatic carbocycles. The van der Waals surface area contributed by atoms with E-state index in [4.69, 9.17) is 5.73 Å². The van der Waals surface area contributed by atoms with Crippen molar-refractivity contribution in [2.45, 2.75) is 32.6 Å². The number of hydrogen-bond donors (Lipinski definition) is 1. The van der Waals surface area contributed by atoms with Gasteiger partial charge in [-0.05, 0) is 31.9 Å². The Morgan fingerprint density at radius 1 is 0.950 bits per heavy atom. The standard InChI is InChI=1S/C18H23NS/c1-13-5-4-6-17(10-13)18(19)12-20-11-16-8-14(2)7-15(3)9-16/h4-10,18H,11-12,19H2,1-3H3. The summed E-state index contributed by atoms with van der Waals surface area (Å²) in [5.41, 5.74) is 12.8. The summed E-state index contributed by atoms with van der Waals surface area (Å²) in [5.74, 6) is 1.98. The Balaban J connectivity index is 1.89. The van der Waals surface area contributed by atoms with E-state index in [1.807, 2.05) is 11.8 Å². The number of hydrogen-bond acceptors (Lipinski definition) is 2. The lowest BCUT2D eigenvalue weighted by Gasteiger charge is -2.13. The van der Waals surface area contributed by atoms with E-state index in [1.54, 1.807) is 0 Å². The van der Waals surface area contributed by atoms with Gasteiger partial charge in [0, 0.05) is 17.5 Å². The highest BCUT2D eigenvalue weighted by molar-refractivity contribution is 7.98. The minimum atomic E-state index is 0.116. The van der Waals surface area contributed by atoms with Crippen LogP contribution in [0, 0.1) is 20.8 Å². The molecule has 20 heavy (non-hydrogen) atoms. The molecule has 0 spiro atoms. The zero-order chi connectivity index (χ0) is 14.5. The molecule has 0 aliphatic rings. The summed E-state index contributed by atoms with van der Waals surface area (Å²) in [6.45, 7) is 6.41. The van der Waals surface area contributed by atoms with Crippen molar-refractivity contribution in [3.63, 3.8) is 0 Å². The van der Waals surface area contributed by atoms with E-state index in [2.05, 4.69) is 63.2 Å². The highest BCUT2D eigenvalue weighted by Gasteiger charge is 2.06. The highest BCUT2D eigenvalue weighted by atomic mass is 32.2. The Hall–Kier alpha value is -1.25. The molecule has 106 valence electrons. The molecule has 1 nitrogen and oxygen atoms in total. The Labute approximate surface area is 126 Å². The minimum absolute atomic E-state index is 0.116. The monoisotopic (exact) mass is 285 g/mol. The second-order valence-corrected chi connectivity index (χ2v) is 6.56. The molecule has 1 atom stereocenters. The minimum Gasteiger partial charge on any atom is -0.323 e. The molecule has 0 radical (unpaired) electrons. The molecule has 0 amide bonds. The Morgan fingerprint density at radius 2 is 1.65 bits per heavy atom. The average molecular weight is 285 g/mol. The molecule has 0 bridgehead atoms. The van der Waals surface area contributed by atoms with Gasteiger partial charge in [0.2, 0.25) is 0 Å². The van der Waals surface area contributed by atoms with E-state index in [0.717, 1.165) is 11.5 Å². The van der Waals surface area contributed by atoms with Crippen LogP contribution in [0.4, 0.5) is 0 Å². The lowest BCUT2D eigenvalue weighted by molar-refractivity contribution is 0.830. The van der Waals surface area contributed by atoms with Crippen molar-refractivity contribution in [3.05, 3.63) is 70.3 Å². The van der Waals surface area contributed by atoms with Gasteiger partial charge < -0.3 is 5.73 Å². The van der Waals surface area contributed by atoms with Crippen LogP contribution in [-0.4, -0.2) is 5.75 Å². The first kappa shape index (κ1) is 15.1. The molecular formula is C18H23NS. The van der Waals surface area contributed by atoms with E-state index in [0.29, 0.717) is 0 Å². The van der Waals surface area contributed by atoms with Crippen LogP contribution >= 0.6 is 11.8 Å². The first-order valence-electron chi connectivity index (χ1n) is 7.01. The van der Waals surface area contributed by atoms with Gasteiger partial charge in [-0.2, -0.15) is 11.8 Å². The van der Waals surface area contributed by atoms with Crippen LogP contribution < -0.4 is 5.73 Å². The van der Waals surface area contributed by atoms with Crippen LogP contribution in [0.15, 0.2) is 42.5 Å². The largest absolute Gasteiger partial charge is 0.323 e. The topological polar surface area (TPSA) is 26.0 Å². The fraction of sp³-hybridized carbons (Fsp3) is 0.333. The molecule has 0 saturated carbocycles. The number of benzene rings is 2. The fourth-order valence-corrected chi connectivity index (χ4v) is 3.42. The van der Waals surface area contributed by atoms with E-state index < -0.39 is 0 Å². The molecule has 0 aliphatic heterocycles.